The monoisotopic (exact) mass is 334 g/mol. The average molecular weight is 334 g/mol. The Morgan fingerprint density at radius 2 is 1.26 bits per heavy atom. The summed E-state index contributed by atoms with van der Waals surface area (Å²) in [7, 11) is -6.34. The number of rotatable bonds is 6. The van der Waals surface area contributed by atoms with Crippen molar-refractivity contribution >= 4 is 7.82 Å². The van der Waals surface area contributed by atoms with E-state index in [9.17, 15) is 48.7 Å². The van der Waals surface area contributed by atoms with Gasteiger partial charge in [0.25, 0.3) is 6.36 Å². The van der Waals surface area contributed by atoms with E-state index in [-0.39, 0.29) is 0 Å². The summed E-state index contributed by atoms with van der Waals surface area (Å²) in [4.78, 5) is 0. The lowest BCUT2D eigenvalue weighted by Crippen LogP contribution is -2.57. The van der Waals surface area contributed by atoms with Gasteiger partial charge in [0.15, 0.2) is 0 Å². The first-order valence-corrected chi connectivity index (χ1v) is 5.06. The fraction of sp³-hybridized carbons (Fsp3) is 1.00. The first-order valence-electron chi connectivity index (χ1n) is 3.60. The maximum absolute atomic E-state index is 12.5. The Hall–Kier alpha value is -0.590. The third-order valence-corrected chi connectivity index (χ3v) is 2.23. The Kier molecular flexibility index (Phi) is 5.25. The lowest BCUT2D eigenvalue weighted by Gasteiger charge is -2.29. The van der Waals surface area contributed by atoms with Crippen LogP contribution in [0.2, 0.25) is 0 Å². The van der Waals surface area contributed by atoms with E-state index in [4.69, 9.17) is 0 Å². The molecule has 0 aliphatic carbocycles. The minimum absolute atomic E-state index is 1.89. The van der Waals surface area contributed by atoms with Crippen molar-refractivity contribution < 1.29 is 62.7 Å². The molecule has 0 aromatic carbocycles. The summed E-state index contributed by atoms with van der Waals surface area (Å²) >= 11 is 0. The van der Waals surface area contributed by atoms with E-state index in [0.29, 0.717) is 0 Å². The van der Waals surface area contributed by atoms with Gasteiger partial charge in [0, 0.05) is 0 Å². The predicted octanol–water partition coefficient (Wildman–Crippen LogP) is 4.04. The van der Waals surface area contributed by atoms with Gasteiger partial charge in [-0.2, -0.15) is 30.7 Å². The number of hydrogen-bond acceptors (Lipinski definition) is 4. The van der Waals surface area contributed by atoms with Gasteiger partial charge in [-0.15, -0.1) is 0 Å². The zero-order chi connectivity index (χ0) is 15.7. The van der Waals surface area contributed by atoms with Crippen LogP contribution >= 0.6 is 7.82 Å². The van der Waals surface area contributed by atoms with Gasteiger partial charge < -0.3 is 0 Å². The molecule has 1 atom stereocenters. The maximum Gasteiger partial charge on any atom is 0.540 e. The van der Waals surface area contributed by atoms with Gasteiger partial charge in [-0.1, -0.05) is 9.46 Å². The van der Waals surface area contributed by atoms with Gasteiger partial charge in [0.2, 0.25) is 0 Å². The molecule has 0 aliphatic rings. The summed E-state index contributed by atoms with van der Waals surface area (Å²) < 4.78 is 135. The van der Waals surface area contributed by atoms with Crippen LogP contribution in [0.15, 0.2) is 0 Å². The van der Waals surface area contributed by atoms with E-state index in [1.54, 1.807) is 0 Å². The van der Waals surface area contributed by atoms with Gasteiger partial charge in [-0.25, -0.2) is 13.5 Å². The third-order valence-electron chi connectivity index (χ3n) is 1.45. The summed E-state index contributed by atoms with van der Waals surface area (Å²) in [5.74, 6) is -13.7. The van der Waals surface area contributed by atoms with Crippen molar-refractivity contribution in [2.24, 2.45) is 0 Å². The molecule has 0 saturated heterocycles. The smallest absolute Gasteiger partial charge is 0.241 e. The molecule has 0 radical (unpaired) electrons. The van der Waals surface area contributed by atoms with Crippen LogP contribution in [0.1, 0.15) is 0 Å². The predicted molar refractivity (Wildman–Crippen MR) is 33.9 cm³/mol. The molecule has 0 aromatic rings. The molecular weight excluding hydrogens is 333 g/mol. The van der Waals surface area contributed by atoms with Gasteiger partial charge >= 0.3 is 25.8 Å². The second-order valence-electron chi connectivity index (χ2n) is 2.70. The Morgan fingerprint density at radius 1 is 0.895 bits per heavy atom. The highest BCUT2D eigenvalue weighted by Gasteiger charge is 2.77. The zero-order valence-electron chi connectivity index (χ0n) is 7.94. The van der Waals surface area contributed by atoms with Gasteiger partial charge in [0.1, 0.15) is 0 Å². The Morgan fingerprint density at radius 3 is 1.53 bits per heavy atom. The van der Waals surface area contributed by atoms with Crippen molar-refractivity contribution in [2.45, 2.75) is 24.4 Å². The molecule has 0 spiro atoms. The second-order valence-corrected chi connectivity index (χ2v) is 4.08. The fourth-order valence-corrected chi connectivity index (χ4v) is 1.000. The van der Waals surface area contributed by atoms with Crippen LogP contribution in [0.5, 0.6) is 0 Å². The highest BCUT2D eigenvalue weighted by atomic mass is 31.2. The molecule has 19 heavy (non-hydrogen) atoms. The van der Waals surface area contributed by atoms with E-state index in [1.807, 2.05) is 9.46 Å². The third kappa shape index (κ3) is 3.49. The summed E-state index contributed by atoms with van der Waals surface area (Å²) in [5, 5.41) is 0. The van der Waals surface area contributed by atoms with Crippen LogP contribution in [0.4, 0.5) is 44.2 Å². The van der Waals surface area contributed by atoms with E-state index >= 15 is 0 Å². The molecule has 0 N–H and O–H groups in total. The summed E-state index contributed by atoms with van der Waals surface area (Å²) in [6.07, 6.45) is -12.0. The highest BCUT2D eigenvalue weighted by Crippen LogP contribution is 2.56. The topological polar surface area (TPSA) is 44.8 Å². The van der Waals surface area contributed by atoms with E-state index in [0.717, 1.165) is 0 Å². The molecule has 116 valence electrons. The second kappa shape index (κ2) is 5.42. The molecule has 4 nitrogen and oxygen atoms in total. The molecular formula is C4HF10O4P. The number of hydrogen-bond donors (Lipinski definition) is 0. The molecule has 0 bridgehead atoms. The van der Waals surface area contributed by atoms with E-state index in [1.165, 1.54) is 0 Å². The van der Waals surface area contributed by atoms with Crippen LogP contribution in [0.3, 0.4) is 0 Å². The fourth-order valence-electron chi connectivity index (χ4n) is 0.554. The largest absolute Gasteiger partial charge is 0.540 e. The Labute approximate surface area is 96.2 Å². The minimum atomic E-state index is -6.99. The quantitative estimate of drug-likeness (QED) is 0.543. The van der Waals surface area contributed by atoms with Crippen molar-refractivity contribution in [3.05, 3.63) is 0 Å². The van der Waals surface area contributed by atoms with Gasteiger partial charge in [-0.3, -0.25) is 0 Å². The van der Waals surface area contributed by atoms with Crippen LogP contribution in [-0.2, 0) is 18.5 Å². The van der Waals surface area contributed by atoms with Crippen molar-refractivity contribution in [1.29, 1.82) is 0 Å². The molecule has 0 aliphatic heterocycles. The molecule has 1 unspecified atom stereocenters. The number of alkyl halides is 8. The van der Waals surface area contributed by atoms with Crippen molar-refractivity contribution in [3.8, 4) is 0 Å². The van der Waals surface area contributed by atoms with Crippen LogP contribution in [0.25, 0.3) is 0 Å². The lowest BCUT2D eigenvalue weighted by molar-refractivity contribution is -0.381. The molecule has 0 fully saturated rings. The highest BCUT2D eigenvalue weighted by molar-refractivity contribution is 7.48. The van der Waals surface area contributed by atoms with E-state index in [2.05, 4.69) is 4.52 Å². The van der Waals surface area contributed by atoms with Crippen molar-refractivity contribution in [3.63, 3.8) is 0 Å². The number of halogens is 10. The van der Waals surface area contributed by atoms with Crippen LogP contribution in [-0.4, -0.2) is 24.4 Å². The zero-order valence-corrected chi connectivity index (χ0v) is 8.83. The molecule has 0 saturated carbocycles. The molecule has 0 heterocycles. The summed E-state index contributed by atoms with van der Waals surface area (Å²) in [5.41, 5.74) is 0. The average Bonchev–Trinajstić information content (AvgIpc) is 2.26. The number of phosphoric acid groups is 1. The van der Waals surface area contributed by atoms with Crippen LogP contribution in [0, 0.1) is 0 Å². The van der Waals surface area contributed by atoms with E-state index < -0.39 is 32.2 Å². The first kappa shape index (κ1) is 18.4. The lowest BCUT2D eigenvalue weighted by atomic mass is 10.1. The Bertz CT molecular complexity index is 346. The molecule has 0 aromatic heterocycles. The maximum atomic E-state index is 12.5. The first-order chi connectivity index (χ1) is 8.25. The van der Waals surface area contributed by atoms with Crippen molar-refractivity contribution in [1.82, 2.24) is 0 Å². The van der Waals surface area contributed by atoms with Gasteiger partial charge in [0.05, 0.1) is 0 Å². The SMILES string of the molecule is O=P(OF)(OF)OC(F)C(F)(F)C(F)(F)C(F)(F)F. The summed E-state index contributed by atoms with van der Waals surface area (Å²) in [6, 6.07) is 0. The molecule has 0 amide bonds. The standard InChI is InChI=1S/C4HF10O4P/c5-1(16-19(15,17-13)18-14)2(6,7)3(8,9)4(10,11)12/h1H. The minimum Gasteiger partial charge on any atom is -0.241 e. The van der Waals surface area contributed by atoms with Crippen molar-refractivity contribution in [2.75, 3.05) is 0 Å². The van der Waals surface area contributed by atoms with Gasteiger partial charge in [-0.05, 0) is 9.05 Å². The van der Waals surface area contributed by atoms with Crippen LogP contribution < -0.4 is 0 Å². The molecule has 0 rings (SSSR count). The Balaban J connectivity index is 5.28. The summed E-state index contributed by atoms with van der Waals surface area (Å²) in [6.45, 7) is 0. The molecule has 15 heteroatoms. The normalized spacial score (nSPS) is 16.5.